The average molecular weight is 412 g/mol. The highest BCUT2D eigenvalue weighted by Gasteiger charge is 2.47. The molecule has 154 valence electrons. The van der Waals surface area contributed by atoms with Crippen LogP contribution in [0, 0.1) is 23.7 Å². The van der Waals surface area contributed by atoms with Gasteiger partial charge in [0, 0.05) is 23.2 Å². The molecule has 4 aliphatic carbocycles. The van der Waals surface area contributed by atoms with Crippen molar-refractivity contribution in [1.29, 1.82) is 0 Å². The highest BCUT2D eigenvalue weighted by atomic mass is 35.5. The van der Waals surface area contributed by atoms with Crippen molar-refractivity contribution in [3.63, 3.8) is 0 Å². The third-order valence-corrected chi connectivity index (χ3v) is 7.58. The van der Waals surface area contributed by atoms with Gasteiger partial charge in [-0.3, -0.25) is 0 Å². The number of para-hydroxylation sites is 1. The van der Waals surface area contributed by atoms with E-state index in [9.17, 15) is 0 Å². The van der Waals surface area contributed by atoms with Crippen molar-refractivity contribution in [1.82, 2.24) is 5.32 Å². The van der Waals surface area contributed by atoms with Gasteiger partial charge in [-0.05, 0) is 79.5 Å². The molecule has 6 rings (SSSR count). The summed E-state index contributed by atoms with van der Waals surface area (Å²) in [5.41, 5.74) is 2.27. The van der Waals surface area contributed by atoms with Crippen molar-refractivity contribution < 1.29 is 9.47 Å². The Balaban J connectivity index is 1.29. The number of ether oxygens (including phenoxy) is 2. The molecule has 4 fully saturated rings. The van der Waals surface area contributed by atoms with E-state index in [4.69, 9.17) is 21.1 Å². The van der Waals surface area contributed by atoms with Gasteiger partial charge in [-0.2, -0.15) is 0 Å². The van der Waals surface area contributed by atoms with E-state index in [2.05, 4.69) is 17.4 Å². The van der Waals surface area contributed by atoms with E-state index >= 15 is 0 Å². The van der Waals surface area contributed by atoms with Crippen molar-refractivity contribution >= 4 is 11.6 Å². The van der Waals surface area contributed by atoms with Gasteiger partial charge >= 0.3 is 0 Å². The maximum atomic E-state index is 6.24. The minimum atomic E-state index is 0.503. The van der Waals surface area contributed by atoms with Crippen LogP contribution < -0.4 is 14.8 Å². The van der Waals surface area contributed by atoms with E-state index < -0.39 is 0 Å². The number of halogens is 1. The van der Waals surface area contributed by atoms with E-state index in [1.54, 1.807) is 7.11 Å². The first-order valence-electron chi connectivity index (χ1n) is 11.0. The summed E-state index contributed by atoms with van der Waals surface area (Å²) in [6.45, 7) is 1.34. The number of rotatable bonds is 7. The summed E-state index contributed by atoms with van der Waals surface area (Å²) in [4.78, 5) is 0. The zero-order valence-corrected chi connectivity index (χ0v) is 17.8. The Hall–Kier alpha value is -1.71. The van der Waals surface area contributed by atoms with E-state index in [-0.39, 0.29) is 0 Å². The molecule has 4 saturated carbocycles. The monoisotopic (exact) mass is 411 g/mol. The standard InChI is InChI=1S/C25H30ClNO2/c1-28-23-4-2-3-19(25(23)29-15-16-5-7-22(26)8-6-16)14-27-24-20-10-17-9-18(12-20)13-21(24)11-17/h2-8,17-18,20-21,24,27H,9-15H2,1H3. The normalized spacial score (nSPS) is 29.8. The van der Waals surface area contributed by atoms with Gasteiger partial charge in [0.1, 0.15) is 6.61 Å². The zero-order chi connectivity index (χ0) is 19.8. The molecule has 29 heavy (non-hydrogen) atoms. The summed E-state index contributed by atoms with van der Waals surface area (Å²) in [7, 11) is 1.71. The maximum Gasteiger partial charge on any atom is 0.166 e. The van der Waals surface area contributed by atoms with Gasteiger partial charge in [0.05, 0.1) is 7.11 Å². The van der Waals surface area contributed by atoms with E-state index in [0.29, 0.717) is 12.6 Å². The van der Waals surface area contributed by atoms with Gasteiger partial charge < -0.3 is 14.8 Å². The van der Waals surface area contributed by atoms with Crippen molar-refractivity contribution in [3.05, 3.63) is 58.6 Å². The second kappa shape index (κ2) is 8.20. The molecular formula is C25H30ClNO2. The minimum absolute atomic E-state index is 0.503. The summed E-state index contributed by atoms with van der Waals surface area (Å²) in [6.07, 6.45) is 7.23. The van der Waals surface area contributed by atoms with Crippen LogP contribution >= 0.6 is 11.6 Å². The first-order valence-corrected chi connectivity index (χ1v) is 11.3. The molecule has 0 amide bonds. The van der Waals surface area contributed by atoms with Crippen molar-refractivity contribution in [2.75, 3.05) is 7.11 Å². The molecule has 0 aliphatic heterocycles. The Morgan fingerprint density at radius 3 is 2.28 bits per heavy atom. The lowest BCUT2D eigenvalue weighted by Crippen LogP contribution is -2.54. The number of nitrogens with one attached hydrogen (secondary N) is 1. The lowest BCUT2D eigenvalue weighted by Gasteiger charge is -2.54. The summed E-state index contributed by atoms with van der Waals surface area (Å²) < 4.78 is 11.8. The molecule has 2 aromatic carbocycles. The first-order chi connectivity index (χ1) is 14.2. The number of benzene rings is 2. The van der Waals surface area contributed by atoms with Gasteiger partial charge in [0.2, 0.25) is 0 Å². The number of methoxy groups -OCH3 is 1. The quantitative estimate of drug-likeness (QED) is 0.620. The predicted molar refractivity (Wildman–Crippen MR) is 116 cm³/mol. The Bertz CT molecular complexity index is 822. The summed E-state index contributed by atoms with van der Waals surface area (Å²) >= 11 is 6.00. The highest BCUT2D eigenvalue weighted by molar-refractivity contribution is 6.30. The van der Waals surface area contributed by atoms with Crippen LogP contribution in [-0.2, 0) is 13.2 Å². The van der Waals surface area contributed by atoms with E-state index in [0.717, 1.165) is 52.3 Å². The van der Waals surface area contributed by atoms with Gasteiger partial charge in [-0.1, -0.05) is 35.9 Å². The Kier molecular flexibility index (Phi) is 5.45. The maximum absolute atomic E-state index is 6.24. The lowest BCUT2D eigenvalue weighted by molar-refractivity contribution is -0.0143. The van der Waals surface area contributed by atoms with Gasteiger partial charge in [-0.15, -0.1) is 0 Å². The predicted octanol–water partition coefficient (Wildman–Crippen LogP) is 5.84. The van der Waals surface area contributed by atoms with Crippen LogP contribution in [-0.4, -0.2) is 13.2 Å². The molecule has 3 nitrogen and oxygen atoms in total. The molecule has 4 aliphatic rings. The largest absolute Gasteiger partial charge is 0.493 e. The second-order valence-electron chi connectivity index (χ2n) is 9.20. The fraction of sp³-hybridized carbons (Fsp3) is 0.520. The molecule has 0 spiro atoms. The third kappa shape index (κ3) is 4.00. The van der Waals surface area contributed by atoms with Crippen LogP contribution in [0.3, 0.4) is 0 Å². The van der Waals surface area contributed by atoms with Crippen molar-refractivity contribution in [2.24, 2.45) is 23.7 Å². The first kappa shape index (κ1) is 19.3. The molecule has 0 radical (unpaired) electrons. The Morgan fingerprint density at radius 2 is 1.62 bits per heavy atom. The van der Waals surface area contributed by atoms with E-state index in [1.165, 1.54) is 37.7 Å². The average Bonchev–Trinajstić information content (AvgIpc) is 2.72. The van der Waals surface area contributed by atoms with Gasteiger partial charge in [0.25, 0.3) is 0 Å². The molecule has 2 aromatic rings. The highest BCUT2D eigenvalue weighted by Crippen LogP contribution is 2.53. The topological polar surface area (TPSA) is 30.5 Å². The van der Waals surface area contributed by atoms with Gasteiger partial charge in [0.15, 0.2) is 11.5 Å². The molecule has 0 saturated heterocycles. The summed E-state index contributed by atoms with van der Waals surface area (Å²) in [6, 6.07) is 14.7. The number of hydrogen-bond donors (Lipinski definition) is 1. The minimum Gasteiger partial charge on any atom is -0.493 e. The van der Waals surface area contributed by atoms with Gasteiger partial charge in [-0.25, -0.2) is 0 Å². The van der Waals surface area contributed by atoms with Crippen LogP contribution in [0.5, 0.6) is 11.5 Å². The van der Waals surface area contributed by atoms with E-state index in [1.807, 2.05) is 30.3 Å². The summed E-state index contributed by atoms with van der Waals surface area (Å²) in [5.74, 6) is 5.39. The Morgan fingerprint density at radius 1 is 0.931 bits per heavy atom. The van der Waals surface area contributed by atoms with Crippen LogP contribution in [0.4, 0.5) is 0 Å². The molecule has 0 heterocycles. The van der Waals surface area contributed by atoms with Crippen LogP contribution in [0.25, 0.3) is 0 Å². The van der Waals surface area contributed by atoms with Crippen LogP contribution in [0.2, 0.25) is 5.02 Å². The molecular weight excluding hydrogens is 382 g/mol. The Labute approximate surface area is 178 Å². The SMILES string of the molecule is COc1cccc(CNC2C3CC4CC(C3)CC2C4)c1OCc1ccc(Cl)cc1. The second-order valence-corrected chi connectivity index (χ2v) is 9.64. The lowest BCUT2D eigenvalue weighted by atomic mass is 9.54. The van der Waals surface area contributed by atoms with Crippen molar-refractivity contribution in [3.8, 4) is 11.5 Å². The zero-order valence-electron chi connectivity index (χ0n) is 17.1. The molecule has 0 unspecified atom stereocenters. The van der Waals surface area contributed by atoms with Crippen LogP contribution in [0.15, 0.2) is 42.5 Å². The smallest absolute Gasteiger partial charge is 0.166 e. The number of hydrogen-bond acceptors (Lipinski definition) is 3. The molecule has 0 atom stereocenters. The summed E-state index contributed by atoms with van der Waals surface area (Å²) in [5, 5.41) is 4.67. The molecule has 0 aromatic heterocycles. The molecule has 4 bridgehead atoms. The van der Waals surface area contributed by atoms with Crippen molar-refractivity contribution in [2.45, 2.75) is 51.3 Å². The fourth-order valence-electron chi connectivity index (χ4n) is 6.25. The van der Waals surface area contributed by atoms with Crippen LogP contribution in [0.1, 0.15) is 43.2 Å². The third-order valence-electron chi connectivity index (χ3n) is 7.33. The fourth-order valence-corrected chi connectivity index (χ4v) is 6.37. The molecule has 4 heteroatoms. The molecule has 1 N–H and O–H groups in total.